The van der Waals surface area contributed by atoms with Crippen molar-refractivity contribution in [2.24, 2.45) is 5.84 Å². The van der Waals surface area contributed by atoms with Crippen LogP contribution >= 0.6 is 0 Å². The lowest BCUT2D eigenvalue weighted by molar-refractivity contribution is -0.141. The molecule has 1 rings (SSSR count). The molecule has 0 saturated carbocycles. The van der Waals surface area contributed by atoms with Gasteiger partial charge in [-0.1, -0.05) is 0 Å². The molecule has 9 heteroatoms. The van der Waals surface area contributed by atoms with E-state index in [1.807, 2.05) is 19.3 Å². The fourth-order valence-corrected chi connectivity index (χ4v) is 1.67. The Morgan fingerprint density at radius 3 is 2.50 bits per heavy atom. The van der Waals surface area contributed by atoms with Gasteiger partial charge in [0.2, 0.25) is 5.95 Å². The number of hydrazine groups is 1. The number of hydrogen-bond donors (Lipinski definition) is 3. The van der Waals surface area contributed by atoms with Gasteiger partial charge in [0.1, 0.15) is 5.82 Å². The van der Waals surface area contributed by atoms with E-state index in [1.54, 1.807) is 4.90 Å². The lowest BCUT2D eigenvalue weighted by Crippen LogP contribution is -2.33. The predicted octanol–water partition coefficient (Wildman–Crippen LogP) is 1.38. The van der Waals surface area contributed by atoms with Gasteiger partial charge in [0.05, 0.1) is 0 Å². The number of nitrogens with zero attached hydrogens (tertiary/aromatic N) is 3. The summed E-state index contributed by atoms with van der Waals surface area (Å²) in [7, 11) is 0. The molecule has 114 valence electrons. The van der Waals surface area contributed by atoms with Gasteiger partial charge < -0.3 is 10.0 Å². The maximum absolute atomic E-state index is 12.8. The quantitative estimate of drug-likeness (QED) is 0.542. The van der Waals surface area contributed by atoms with E-state index in [0.29, 0.717) is 13.0 Å². The Hall–Kier alpha value is -1.61. The summed E-state index contributed by atoms with van der Waals surface area (Å²) in [5.41, 5.74) is 0.967. The molecule has 0 aliphatic rings. The third-order valence-electron chi connectivity index (χ3n) is 2.61. The molecule has 0 unspecified atom stereocenters. The van der Waals surface area contributed by atoms with Gasteiger partial charge in [-0.2, -0.15) is 18.2 Å². The molecule has 0 spiro atoms. The number of hydrogen-bond acceptors (Lipinski definition) is 6. The molecule has 20 heavy (non-hydrogen) atoms. The van der Waals surface area contributed by atoms with E-state index >= 15 is 0 Å². The highest BCUT2D eigenvalue weighted by atomic mass is 19.4. The van der Waals surface area contributed by atoms with Crippen LogP contribution in [0.15, 0.2) is 6.07 Å². The second-order valence-corrected chi connectivity index (χ2v) is 4.44. The summed E-state index contributed by atoms with van der Waals surface area (Å²) < 4.78 is 38.4. The fraction of sp³-hybridized carbons (Fsp3) is 0.636. The number of aromatic nitrogens is 2. The topological polar surface area (TPSA) is 87.3 Å². The Morgan fingerprint density at radius 2 is 2.05 bits per heavy atom. The maximum atomic E-state index is 12.8. The molecule has 0 saturated heterocycles. The summed E-state index contributed by atoms with van der Waals surface area (Å²) in [6.07, 6.45) is -4.15. The molecule has 0 aliphatic heterocycles. The number of nitrogen functional groups attached to an aromatic ring is 1. The first-order chi connectivity index (χ1) is 9.29. The van der Waals surface area contributed by atoms with Crippen molar-refractivity contribution in [1.29, 1.82) is 0 Å². The third kappa shape index (κ3) is 4.20. The highest BCUT2D eigenvalue weighted by molar-refractivity contribution is 5.46. The molecule has 0 aromatic carbocycles. The first kappa shape index (κ1) is 16.4. The Balaban J connectivity index is 3.19. The first-order valence-corrected chi connectivity index (χ1v) is 6.10. The van der Waals surface area contributed by atoms with E-state index in [9.17, 15) is 13.2 Å². The van der Waals surface area contributed by atoms with Crippen LogP contribution in [0.4, 0.5) is 24.9 Å². The molecule has 0 atom stereocenters. The molecule has 0 amide bonds. The number of halogens is 3. The maximum Gasteiger partial charge on any atom is 0.433 e. The number of nitrogens with two attached hydrogens (primary N) is 1. The van der Waals surface area contributed by atoms with Crippen LogP contribution in [0.1, 0.15) is 26.0 Å². The Bertz CT molecular complexity index is 439. The molecule has 6 nitrogen and oxygen atoms in total. The first-order valence-electron chi connectivity index (χ1n) is 6.10. The number of anilines is 2. The molecule has 1 heterocycles. The molecule has 1 aromatic heterocycles. The lowest BCUT2D eigenvalue weighted by atomic mass is 10.2. The molecular formula is C11H18F3N5O. The van der Waals surface area contributed by atoms with Gasteiger partial charge in [0.15, 0.2) is 5.69 Å². The van der Waals surface area contributed by atoms with E-state index in [0.717, 1.165) is 6.07 Å². The third-order valence-corrected chi connectivity index (χ3v) is 2.61. The van der Waals surface area contributed by atoms with E-state index < -0.39 is 11.9 Å². The number of nitrogens with one attached hydrogen (secondary N) is 1. The van der Waals surface area contributed by atoms with Crippen molar-refractivity contribution in [2.45, 2.75) is 32.5 Å². The molecule has 0 aliphatic carbocycles. The highest BCUT2D eigenvalue weighted by Crippen LogP contribution is 2.30. The van der Waals surface area contributed by atoms with Crippen molar-refractivity contribution >= 4 is 11.8 Å². The molecule has 4 N–H and O–H groups in total. The van der Waals surface area contributed by atoms with Crippen LogP contribution in [0.25, 0.3) is 0 Å². The SMILES string of the molecule is CC(C)N(CCCO)c1cc(C(F)(F)F)nc(NN)n1. The van der Waals surface area contributed by atoms with E-state index in [1.165, 1.54) is 0 Å². The number of rotatable bonds is 6. The molecular weight excluding hydrogens is 275 g/mol. The van der Waals surface area contributed by atoms with Crippen molar-refractivity contribution in [1.82, 2.24) is 9.97 Å². The average molecular weight is 293 g/mol. The standard InChI is InChI=1S/C11H18F3N5O/c1-7(2)19(4-3-5-20)9-6-8(11(12,13)14)16-10(17-9)18-15/h6-7,20H,3-5,15H2,1-2H3,(H,16,17,18). The van der Waals surface area contributed by atoms with Gasteiger partial charge in [0.25, 0.3) is 0 Å². The number of aliphatic hydroxyl groups is 1. The van der Waals surface area contributed by atoms with Crippen molar-refractivity contribution in [3.63, 3.8) is 0 Å². The molecule has 0 fully saturated rings. The fourth-order valence-electron chi connectivity index (χ4n) is 1.67. The van der Waals surface area contributed by atoms with Gasteiger partial charge >= 0.3 is 6.18 Å². The summed E-state index contributed by atoms with van der Waals surface area (Å²) in [6.45, 7) is 3.97. The van der Waals surface area contributed by atoms with E-state index in [4.69, 9.17) is 10.9 Å². The van der Waals surface area contributed by atoms with Crippen LogP contribution in [-0.4, -0.2) is 34.3 Å². The number of alkyl halides is 3. The van der Waals surface area contributed by atoms with Gasteiger partial charge in [-0.05, 0) is 20.3 Å². The average Bonchev–Trinajstić information content (AvgIpc) is 2.37. The second-order valence-electron chi connectivity index (χ2n) is 4.44. The van der Waals surface area contributed by atoms with Crippen LogP contribution < -0.4 is 16.2 Å². The van der Waals surface area contributed by atoms with Gasteiger partial charge in [-0.3, -0.25) is 5.43 Å². The van der Waals surface area contributed by atoms with E-state index in [-0.39, 0.29) is 24.4 Å². The molecule has 0 radical (unpaired) electrons. The summed E-state index contributed by atoms with van der Waals surface area (Å²) in [5.74, 6) is 4.92. The molecule has 1 aromatic rings. The smallest absolute Gasteiger partial charge is 0.396 e. The normalized spacial score (nSPS) is 11.8. The zero-order valence-electron chi connectivity index (χ0n) is 11.3. The van der Waals surface area contributed by atoms with Crippen LogP contribution in [0.5, 0.6) is 0 Å². The van der Waals surface area contributed by atoms with Crippen molar-refractivity contribution < 1.29 is 18.3 Å². The zero-order valence-corrected chi connectivity index (χ0v) is 11.3. The molecule has 0 bridgehead atoms. The van der Waals surface area contributed by atoms with Crippen LogP contribution in [0.2, 0.25) is 0 Å². The lowest BCUT2D eigenvalue weighted by Gasteiger charge is -2.28. The largest absolute Gasteiger partial charge is 0.433 e. The van der Waals surface area contributed by atoms with Crippen molar-refractivity contribution in [3.8, 4) is 0 Å². The van der Waals surface area contributed by atoms with Crippen LogP contribution in [-0.2, 0) is 6.18 Å². The second kappa shape index (κ2) is 6.71. The minimum Gasteiger partial charge on any atom is -0.396 e. The summed E-state index contributed by atoms with van der Waals surface area (Å²) in [6, 6.07) is 0.793. The van der Waals surface area contributed by atoms with E-state index in [2.05, 4.69) is 9.97 Å². The van der Waals surface area contributed by atoms with Gasteiger partial charge in [0, 0.05) is 25.3 Å². The number of aliphatic hydroxyl groups excluding tert-OH is 1. The van der Waals surface area contributed by atoms with Gasteiger partial charge in [-0.25, -0.2) is 10.8 Å². The minimum absolute atomic E-state index is 0.0531. The minimum atomic E-state index is -4.58. The Kier molecular flexibility index (Phi) is 5.52. The van der Waals surface area contributed by atoms with Gasteiger partial charge in [-0.15, -0.1) is 0 Å². The summed E-state index contributed by atoms with van der Waals surface area (Å²) in [5, 5.41) is 8.86. The zero-order chi connectivity index (χ0) is 15.3. The Labute approximate surface area is 114 Å². The van der Waals surface area contributed by atoms with Crippen molar-refractivity contribution in [3.05, 3.63) is 11.8 Å². The predicted molar refractivity (Wildman–Crippen MR) is 69.0 cm³/mol. The highest BCUT2D eigenvalue weighted by Gasteiger charge is 2.34. The van der Waals surface area contributed by atoms with Crippen LogP contribution in [0.3, 0.4) is 0 Å². The van der Waals surface area contributed by atoms with Crippen molar-refractivity contribution in [2.75, 3.05) is 23.5 Å². The Morgan fingerprint density at radius 1 is 1.40 bits per heavy atom. The summed E-state index contributed by atoms with van der Waals surface area (Å²) in [4.78, 5) is 8.88. The summed E-state index contributed by atoms with van der Waals surface area (Å²) >= 11 is 0. The van der Waals surface area contributed by atoms with Crippen LogP contribution in [0, 0.1) is 0 Å². The monoisotopic (exact) mass is 293 g/mol.